The van der Waals surface area contributed by atoms with Gasteiger partial charge in [0.1, 0.15) is 17.1 Å². The second-order valence-corrected chi connectivity index (χ2v) is 8.11. The molecule has 2 aromatic rings. The van der Waals surface area contributed by atoms with E-state index >= 15 is 0 Å². The van der Waals surface area contributed by atoms with E-state index in [4.69, 9.17) is 4.52 Å². The van der Waals surface area contributed by atoms with Gasteiger partial charge in [0.2, 0.25) is 0 Å². The first kappa shape index (κ1) is 18.2. The van der Waals surface area contributed by atoms with Crippen molar-refractivity contribution < 1.29 is 9.32 Å². The van der Waals surface area contributed by atoms with Crippen molar-refractivity contribution >= 4 is 5.91 Å². The van der Waals surface area contributed by atoms with Crippen LogP contribution >= 0.6 is 0 Å². The molecule has 0 N–H and O–H groups in total. The number of amides is 1. The molecule has 2 aliphatic rings. The highest BCUT2D eigenvalue weighted by Gasteiger charge is 2.32. The summed E-state index contributed by atoms with van der Waals surface area (Å²) in [7, 11) is 2.16. The molecule has 0 saturated carbocycles. The van der Waals surface area contributed by atoms with Crippen LogP contribution in [0.2, 0.25) is 0 Å². The van der Waals surface area contributed by atoms with Crippen LogP contribution in [-0.4, -0.2) is 62.3 Å². The average molecular weight is 372 g/mol. The molecule has 1 saturated heterocycles. The van der Waals surface area contributed by atoms with Crippen LogP contribution in [0.1, 0.15) is 72.0 Å². The van der Waals surface area contributed by atoms with Crippen LogP contribution in [0.5, 0.6) is 0 Å². The second kappa shape index (κ2) is 7.07. The van der Waals surface area contributed by atoms with E-state index in [1.54, 1.807) is 6.92 Å². The van der Waals surface area contributed by atoms with Crippen molar-refractivity contribution in [3.8, 4) is 0 Å². The summed E-state index contributed by atoms with van der Waals surface area (Å²) in [5, 5.41) is 13.0. The van der Waals surface area contributed by atoms with E-state index < -0.39 is 0 Å². The van der Waals surface area contributed by atoms with Crippen LogP contribution in [0.3, 0.4) is 0 Å². The number of nitrogens with zero attached hydrogens (tertiary/aromatic N) is 6. The Labute approximate surface area is 159 Å². The van der Waals surface area contributed by atoms with Gasteiger partial charge in [0, 0.05) is 25.6 Å². The number of likely N-dealkylation sites (N-methyl/N-ethyl adjacent to an activating group) is 1. The van der Waals surface area contributed by atoms with E-state index in [1.165, 1.54) is 6.42 Å². The lowest BCUT2D eigenvalue weighted by molar-refractivity contribution is 0.0702. The van der Waals surface area contributed by atoms with Crippen molar-refractivity contribution in [3.05, 3.63) is 28.7 Å². The molecule has 27 heavy (non-hydrogen) atoms. The molecule has 146 valence electrons. The van der Waals surface area contributed by atoms with Crippen molar-refractivity contribution in [3.63, 3.8) is 0 Å². The minimum Gasteiger partial charge on any atom is -0.361 e. The Morgan fingerprint density at radius 3 is 2.78 bits per heavy atom. The highest BCUT2D eigenvalue weighted by Crippen LogP contribution is 2.28. The van der Waals surface area contributed by atoms with E-state index in [1.807, 2.05) is 18.7 Å². The zero-order valence-corrected chi connectivity index (χ0v) is 16.6. The summed E-state index contributed by atoms with van der Waals surface area (Å²) in [5.74, 6) is 3.09. The summed E-state index contributed by atoms with van der Waals surface area (Å²) < 4.78 is 7.52. The monoisotopic (exact) mass is 372 g/mol. The quantitative estimate of drug-likeness (QED) is 0.821. The van der Waals surface area contributed by atoms with Crippen LogP contribution in [0.15, 0.2) is 4.52 Å². The van der Waals surface area contributed by atoms with Gasteiger partial charge in [0.15, 0.2) is 5.82 Å². The van der Waals surface area contributed by atoms with Gasteiger partial charge < -0.3 is 18.9 Å². The third-order valence-electron chi connectivity index (χ3n) is 5.71. The molecule has 0 aromatic carbocycles. The maximum Gasteiger partial charge on any atom is 0.259 e. The zero-order chi connectivity index (χ0) is 19.1. The Bertz CT molecular complexity index is 839. The van der Waals surface area contributed by atoms with Crippen molar-refractivity contribution in [2.24, 2.45) is 0 Å². The smallest absolute Gasteiger partial charge is 0.259 e. The number of hydrogen-bond acceptors (Lipinski definition) is 6. The number of rotatable bonds is 3. The molecule has 2 aromatic heterocycles. The number of aromatic nitrogens is 4. The predicted octanol–water partition coefficient (Wildman–Crippen LogP) is 2.16. The van der Waals surface area contributed by atoms with Crippen LogP contribution in [-0.2, 0) is 13.1 Å². The highest BCUT2D eigenvalue weighted by molar-refractivity contribution is 5.96. The third kappa shape index (κ3) is 3.26. The van der Waals surface area contributed by atoms with Gasteiger partial charge >= 0.3 is 0 Å². The van der Waals surface area contributed by atoms with E-state index in [9.17, 15) is 4.79 Å². The van der Waals surface area contributed by atoms with Crippen LogP contribution in [0.4, 0.5) is 0 Å². The van der Waals surface area contributed by atoms with E-state index in [0.29, 0.717) is 30.3 Å². The molecule has 0 aliphatic carbocycles. The largest absolute Gasteiger partial charge is 0.361 e. The average Bonchev–Trinajstić information content (AvgIpc) is 3.24. The Morgan fingerprint density at radius 2 is 2.04 bits per heavy atom. The first-order chi connectivity index (χ1) is 13.0. The summed E-state index contributed by atoms with van der Waals surface area (Å²) in [5.41, 5.74) is 1.34. The molecule has 1 amide bonds. The maximum atomic E-state index is 13.1. The minimum atomic E-state index is -0.0225. The topological polar surface area (TPSA) is 80.3 Å². The number of likely N-dealkylation sites (tertiary alicyclic amines) is 1. The summed E-state index contributed by atoms with van der Waals surface area (Å²) in [6.07, 6.45) is 2.35. The number of carbonyl (C=O) groups excluding carboxylic acids is 1. The maximum absolute atomic E-state index is 13.1. The molecule has 0 unspecified atom stereocenters. The summed E-state index contributed by atoms with van der Waals surface area (Å²) in [6, 6.07) is 0. The van der Waals surface area contributed by atoms with Gasteiger partial charge in [-0.3, -0.25) is 4.79 Å². The standard InChI is InChI=1S/C19H28N6O2/c1-12(2)17-16(13(3)27-22-17)19(26)24-8-9-25-15(11-24)20-21-18(25)14-6-5-7-23(4)10-14/h12,14H,5-11H2,1-4H3/t14-/m0/s1. The Morgan fingerprint density at radius 1 is 1.22 bits per heavy atom. The summed E-state index contributed by atoms with van der Waals surface area (Å²) in [4.78, 5) is 17.3. The molecule has 2 aliphatic heterocycles. The summed E-state index contributed by atoms with van der Waals surface area (Å²) in [6.45, 7) is 9.90. The summed E-state index contributed by atoms with van der Waals surface area (Å²) >= 11 is 0. The van der Waals surface area contributed by atoms with Crippen LogP contribution in [0, 0.1) is 6.92 Å². The SMILES string of the molecule is Cc1onc(C(C)C)c1C(=O)N1CCn2c(nnc2[C@H]2CCCN(C)C2)C1. The van der Waals surface area contributed by atoms with Crippen LogP contribution in [0.25, 0.3) is 0 Å². The highest BCUT2D eigenvalue weighted by atomic mass is 16.5. The normalized spacial score (nSPS) is 20.9. The molecule has 1 atom stereocenters. The molecule has 0 spiro atoms. The number of carbonyl (C=O) groups is 1. The van der Waals surface area contributed by atoms with Gasteiger partial charge in [-0.25, -0.2) is 0 Å². The van der Waals surface area contributed by atoms with Gasteiger partial charge in [0.25, 0.3) is 5.91 Å². The van der Waals surface area contributed by atoms with Gasteiger partial charge in [-0.2, -0.15) is 0 Å². The van der Waals surface area contributed by atoms with Crippen molar-refractivity contribution in [2.75, 3.05) is 26.7 Å². The minimum absolute atomic E-state index is 0.0225. The first-order valence-corrected chi connectivity index (χ1v) is 9.81. The van der Waals surface area contributed by atoms with E-state index in [0.717, 1.165) is 43.4 Å². The first-order valence-electron chi connectivity index (χ1n) is 9.81. The van der Waals surface area contributed by atoms with E-state index in [-0.39, 0.29) is 11.8 Å². The van der Waals surface area contributed by atoms with Crippen molar-refractivity contribution in [2.45, 2.75) is 58.5 Å². The van der Waals surface area contributed by atoms with E-state index in [2.05, 4.69) is 31.9 Å². The Balaban J connectivity index is 1.54. The molecule has 8 heteroatoms. The third-order valence-corrected chi connectivity index (χ3v) is 5.71. The lowest BCUT2D eigenvalue weighted by Gasteiger charge is -2.32. The van der Waals surface area contributed by atoms with Gasteiger partial charge in [-0.15, -0.1) is 10.2 Å². The number of piperidine rings is 1. The second-order valence-electron chi connectivity index (χ2n) is 8.11. The fraction of sp³-hybridized carbons (Fsp3) is 0.684. The molecule has 1 fully saturated rings. The predicted molar refractivity (Wildman–Crippen MR) is 99.6 cm³/mol. The fourth-order valence-electron chi connectivity index (χ4n) is 4.23. The molecule has 8 nitrogen and oxygen atoms in total. The Hall–Kier alpha value is -2.22. The molecule has 0 bridgehead atoms. The number of aryl methyl sites for hydroxylation is 1. The molecular formula is C19H28N6O2. The zero-order valence-electron chi connectivity index (χ0n) is 16.6. The lowest BCUT2D eigenvalue weighted by Crippen LogP contribution is -2.40. The molecule has 0 radical (unpaired) electrons. The van der Waals surface area contributed by atoms with Crippen molar-refractivity contribution in [1.29, 1.82) is 0 Å². The van der Waals surface area contributed by atoms with Gasteiger partial charge in [-0.05, 0) is 39.3 Å². The molecule has 4 heterocycles. The van der Waals surface area contributed by atoms with Gasteiger partial charge in [-0.1, -0.05) is 19.0 Å². The van der Waals surface area contributed by atoms with Crippen LogP contribution < -0.4 is 0 Å². The van der Waals surface area contributed by atoms with Gasteiger partial charge in [0.05, 0.1) is 12.2 Å². The lowest BCUT2D eigenvalue weighted by atomic mass is 9.97. The molecular weight excluding hydrogens is 344 g/mol. The number of hydrogen-bond donors (Lipinski definition) is 0. The fourth-order valence-corrected chi connectivity index (χ4v) is 4.23. The number of fused-ring (bicyclic) bond motifs is 1. The van der Waals surface area contributed by atoms with Crippen molar-refractivity contribution in [1.82, 2.24) is 29.7 Å². The molecule has 4 rings (SSSR count). The Kier molecular flexibility index (Phi) is 4.75.